The van der Waals surface area contributed by atoms with Crippen LogP contribution in [0, 0.1) is 5.92 Å². The Bertz CT molecular complexity index is 310. The second-order valence-corrected chi connectivity index (χ2v) is 5.48. The van der Waals surface area contributed by atoms with Crippen molar-refractivity contribution in [2.24, 2.45) is 5.92 Å². The molecule has 0 aliphatic carbocycles. The Labute approximate surface area is 115 Å². The molecule has 0 atom stereocenters. The standard InChI is InChI=1S/C14H26N2O3/c1-11(2)16(7-4-10-17)14(19)13-5-8-15(9-6-13)12(3)18/h11,13,17H,4-10H2,1-3H3. The van der Waals surface area contributed by atoms with Crippen LogP contribution in [0.4, 0.5) is 0 Å². The van der Waals surface area contributed by atoms with Gasteiger partial charge in [-0.25, -0.2) is 0 Å². The van der Waals surface area contributed by atoms with Crippen LogP contribution in [0.5, 0.6) is 0 Å². The van der Waals surface area contributed by atoms with Crippen molar-refractivity contribution < 1.29 is 14.7 Å². The third-order valence-corrected chi connectivity index (χ3v) is 3.75. The molecule has 0 bridgehead atoms. The van der Waals surface area contributed by atoms with Crippen LogP contribution in [0.2, 0.25) is 0 Å². The van der Waals surface area contributed by atoms with Gasteiger partial charge in [0.15, 0.2) is 0 Å². The summed E-state index contributed by atoms with van der Waals surface area (Å²) in [4.78, 5) is 27.4. The zero-order valence-electron chi connectivity index (χ0n) is 12.3. The van der Waals surface area contributed by atoms with Crippen molar-refractivity contribution in [3.8, 4) is 0 Å². The minimum Gasteiger partial charge on any atom is -0.396 e. The van der Waals surface area contributed by atoms with Gasteiger partial charge in [-0.05, 0) is 33.1 Å². The highest BCUT2D eigenvalue weighted by Crippen LogP contribution is 2.21. The minimum atomic E-state index is 0.0247. The van der Waals surface area contributed by atoms with E-state index in [1.165, 1.54) is 0 Å². The summed E-state index contributed by atoms with van der Waals surface area (Å²) in [5.41, 5.74) is 0. The van der Waals surface area contributed by atoms with Crippen LogP contribution >= 0.6 is 0 Å². The summed E-state index contributed by atoms with van der Waals surface area (Å²) in [5.74, 6) is 0.287. The molecule has 1 N–H and O–H groups in total. The quantitative estimate of drug-likeness (QED) is 0.806. The van der Waals surface area contributed by atoms with Crippen LogP contribution in [0.15, 0.2) is 0 Å². The Balaban J connectivity index is 2.54. The summed E-state index contributed by atoms with van der Waals surface area (Å²) in [6.07, 6.45) is 2.12. The molecule has 0 aromatic rings. The zero-order valence-corrected chi connectivity index (χ0v) is 12.3. The topological polar surface area (TPSA) is 60.9 Å². The van der Waals surface area contributed by atoms with Crippen molar-refractivity contribution in [3.05, 3.63) is 0 Å². The van der Waals surface area contributed by atoms with E-state index in [1.54, 1.807) is 11.8 Å². The van der Waals surface area contributed by atoms with Crippen molar-refractivity contribution in [2.45, 2.75) is 46.1 Å². The number of aliphatic hydroxyl groups excluding tert-OH is 1. The second-order valence-electron chi connectivity index (χ2n) is 5.48. The molecule has 110 valence electrons. The smallest absolute Gasteiger partial charge is 0.226 e. The molecule has 19 heavy (non-hydrogen) atoms. The summed E-state index contributed by atoms with van der Waals surface area (Å²) < 4.78 is 0. The van der Waals surface area contributed by atoms with Crippen molar-refractivity contribution in [3.63, 3.8) is 0 Å². The molecule has 2 amide bonds. The van der Waals surface area contributed by atoms with Gasteiger partial charge in [-0.3, -0.25) is 9.59 Å². The highest BCUT2D eigenvalue weighted by molar-refractivity contribution is 5.80. The first-order chi connectivity index (χ1) is 8.97. The van der Waals surface area contributed by atoms with Crippen molar-refractivity contribution >= 4 is 11.8 Å². The summed E-state index contributed by atoms with van der Waals surface area (Å²) in [6, 6.07) is 0.157. The molecule has 1 heterocycles. The lowest BCUT2D eigenvalue weighted by Crippen LogP contribution is -2.46. The summed E-state index contributed by atoms with van der Waals surface area (Å²) in [6.45, 7) is 7.65. The maximum absolute atomic E-state index is 12.5. The third-order valence-electron chi connectivity index (χ3n) is 3.75. The molecule has 1 aliphatic rings. The van der Waals surface area contributed by atoms with E-state index >= 15 is 0 Å². The fourth-order valence-corrected chi connectivity index (χ4v) is 2.54. The number of aliphatic hydroxyl groups is 1. The van der Waals surface area contributed by atoms with E-state index in [0.717, 1.165) is 12.8 Å². The number of hydrogen-bond donors (Lipinski definition) is 1. The van der Waals surface area contributed by atoms with E-state index in [4.69, 9.17) is 5.11 Å². The van der Waals surface area contributed by atoms with Gasteiger partial charge >= 0.3 is 0 Å². The fraction of sp³-hybridized carbons (Fsp3) is 0.857. The van der Waals surface area contributed by atoms with Gasteiger partial charge in [-0.1, -0.05) is 0 Å². The molecular weight excluding hydrogens is 244 g/mol. The van der Waals surface area contributed by atoms with Crippen molar-refractivity contribution in [1.82, 2.24) is 9.80 Å². The number of likely N-dealkylation sites (tertiary alicyclic amines) is 1. The van der Waals surface area contributed by atoms with E-state index in [2.05, 4.69) is 0 Å². The van der Waals surface area contributed by atoms with Gasteiger partial charge in [0.25, 0.3) is 0 Å². The van der Waals surface area contributed by atoms with Crippen LogP contribution < -0.4 is 0 Å². The maximum atomic E-state index is 12.5. The number of carbonyl (C=O) groups is 2. The van der Waals surface area contributed by atoms with E-state index in [-0.39, 0.29) is 30.4 Å². The molecule has 1 aliphatic heterocycles. The Morgan fingerprint density at radius 2 is 1.89 bits per heavy atom. The summed E-state index contributed by atoms with van der Waals surface area (Å²) in [7, 11) is 0. The van der Waals surface area contributed by atoms with Gasteiger partial charge in [0.1, 0.15) is 0 Å². The summed E-state index contributed by atoms with van der Waals surface area (Å²) >= 11 is 0. The average molecular weight is 270 g/mol. The van der Waals surface area contributed by atoms with Gasteiger partial charge in [0.05, 0.1) is 0 Å². The monoisotopic (exact) mass is 270 g/mol. The molecule has 5 nitrogen and oxygen atoms in total. The number of hydrogen-bond acceptors (Lipinski definition) is 3. The molecule has 0 saturated carbocycles. The Hall–Kier alpha value is -1.10. The third kappa shape index (κ3) is 4.49. The first-order valence-electron chi connectivity index (χ1n) is 7.14. The van der Waals surface area contributed by atoms with Crippen molar-refractivity contribution in [2.75, 3.05) is 26.2 Å². The van der Waals surface area contributed by atoms with E-state index in [0.29, 0.717) is 26.1 Å². The Morgan fingerprint density at radius 3 is 2.32 bits per heavy atom. The molecule has 5 heteroatoms. The molecule has 0 unspecified atom stereocenters. The lowest BCUT2D eigenvalue weighted by atomic mass is 9.94. The first-order valence-corrected chi connectivity index (χ1v) is 7.14. The van der Waals surface area contributed by atoms with E-state index in [9.17, 15) is 9.59 Å². The number of rotatable bonds is 5. The van der Waals surface area contributed by atoms with E-state index in [1.807, 2.05) is 18.7 Å². The van der Waals surface area contributed by atoms with E-state index < -0.39 is 0 Å². The molecule has 0 radical (unpaired) electrons. The van der Waals surface area contributed by atoms with Gasteiger partial charge in [0.2, 0.25) is 11.8 Å². The predicted octanol–water partition coefficient (Wildman–Crippen LogP) is 0.864. The predicted molar refractivity (Wildman–Crippen MR) is 73.5 cm³/mol. The van der Waals surface area contributed by atoms with Gasteiger partial charge in [0, 0.05) is 45.1 Å². The summed E-state index contributed by atoms with van der Waals surface area (Å²) in [5, 5.41) is 8.90. The van der Waals surface area contributed by atoms with Crippen LogP contribution in [-0.2, 0) is 9.59 Å². The lowest BCUT2D eigenvalue weighted by Gasteiger charge is -2.35. The number of piperidine rings is 1. The molecule has 1 fully saturated rings. The molecule has 1 saturated heterocycles. The molecule has 0 aromatic carbocycles. The molecule has 1 rings (SSSR count). The lowest BCUT2D eigenvalue weighted by molar-refractivity contribution is -0.141. The van der Waals surface area contributed by atoms with Gasteiger partial charge in [-0.2, -0.15) is 0 Å². The molecular formula is C14H26N2O3. The molecule has 0 aromatic heterocycles. The SMILES string of the molecule is CC(=O)N1CCC(C(=O)N(CCCO)C(C)C)CC1. The average Bonchev–Trinajstić information content (AvgIpc) is 2.38. The number of nitrogens with zero attached hydrogens (tertiary/aromatic N) is 2. The largest absolute Gasteiger partial charge is 0.396 e. The fourth-order valence-electron chi connectivity index (χ4n) is 2.54. The van der Waals surface area contributed by atoms with Crippen LogP contribution in [0.25, 0.3) is 0 Å². The second kappa shape index (κ2) is 7.48. The van der Waals surface area contributed by atoms with Crippen LogP contribution in [0.1, 0.15) is 40.0 Å². The molecule has 0 spiro atoms. The highest BCUT2D eigenvalue weighted by atomic mass is 16.3. The number of amides is 2. The first kappa shape index (κ1) is 16.0. The van der Waals surface area contributed by atoms with Gasteiger partial charge < -0.3 is 14.9 Å². The Kier molecular flexibility index (Phi) is 6.28. The van der Waals surface area contributed by atoms with Gasteiger partial charge in [-0.15, -0.1) is 0 Å². The highest BCUT2D eigenvalue weighted by Gasteiger charge is 2.30. The van der Waals surface area contributed by atoms with Crippen LogP contribution in [-0.4, -0.2) is 59.0 Å². The zero-order chi connectivity index (χ0) is 14.4. The number of carbonyl (C=O) groups excluding carboxylic acids is 2. The van der Waals surface area contributed by atoms with Crippen molar-refractivity contribution in [1.29, 1.82) is 0 Å². The maximum Gasteiger partial charge on any atom is 0.226 e. The Morgan fingerprint density at radius 1 is 1.32 bits per heavy atom. The minimum absolute atomic E-state index is 0.0247. The van der Waals surface area contributed by atoms with Crippen LogP contribution in [0.3, 0.4) is 0 Å². The normalized spacial score (nSPS) is 16.8.